The number of nitrogens with zero attached hydrogens (tertiary/aromatic N) is 1. The van der Waals surface area contributed by atoms with Crippen LogP contribution in [0.2, 0.25) is 0 Å². The Morgan fingerprint density at radius 1 is 1.00 bits per heavy atom. The van der Waals surface area contributed by atoms with Gasteiger partial charge in [-0.1, -0.05) is 29.8 Å². The number of aliphatic hydroxyl groups is 1. The number of pyridine rings is 1. The minimum Gasteiger partial charge on any atom is -0.386 e. The molecule has 0 aliphatic heterocycles. The van der Waals surface area contributed by atoms with E-state index in [4.69, 9.17) is 0 Å². The van der Waals surface area contributed by atoms with Crippen molar-refractivity contribution in [2.75, 3.05) is 0 Å². The molecule has 0 aliphatic carbocycles. The minimum absolute atomic E-state index is 0.541. The number of aliphatic hydroxyl groups excluding tert-OH is 1. The van der Waals surface area contributed by atoms with E-state index in [1.54, 1.807) is 0 Å². The molecule has 0 aliphatic rings. The van der Waals surface area contributed by atoms with Crippen molar-refractivity contribution in [1.29, 1.82) is 0 Å². The van der Waals surface area contributed by atoms with Crippen molar-refractivity contribution in [1.82, 2.24) is 4.98 Å². The fourth-order valence-corrected chi connectivity index (χ4v) is 2.40. The zero-order valence-electron chi connectivity index (χ0n) is 12.1. The van der Waals surface area contributed by atoms with E-state index >= 15 is 0 Å². The molecule has 2 nitrogen and oxygen atoms in total. The number of aryl methyl sites for hydroxylation is 4. The first kappa shape index (κ1) is 13.8. The summed E-state index contributed by atoms with van der Waals surface area (Å²) in [5.74, 6) is 0. The molecule has 100 valence electrons. The number of benzene rings is 1. The monoisotopic (exact) mass is 255 g/mol. The lowest BCUT2D eigenvalue weighted by Gasteiger charge is -2.15. The summed E-state index contributed by atoms with van der Waals surface area (Å²) < 4.78 is 0. The van der Waals surface area contributed by atoms with Crippen LogP contribution in [0.3, 0.4) is 0 Å². The molecule has 1 unspecified atom stereocenters. The first-order valence-corrected chi connectivity index (χ1v) is 6.64. The van der Waals surface area contributed by atoms with Crippen LogP contribution in [0.25, 0.3) is 0 Å². The Labute approximate surface area is 115 Å². The normalized spacial score (nSPS) is 12.5. The summed E-state index contributed by atoms with van der Waals surface area (Å²) >= 11 is 0. The lowest BCUT2D eigenvalue weighted by atomic mass is 9.97. The van der Waals surface area contributed by atoms with Gasteiger partial charge < -0.3 is 5.11 Å². The second-order valence-corrected chi connectivity index (χ2v) is 5.36. The van der Waals surface area contributed by atoms with Gasteiger partial charge in [0.25, 0.3) is 0 Å². The molecule has 1 heterocycles. The summed E-state index contributed by atoms with van der Waals surface area (Å²) in [6.45, 7) is 8.17. The van der Waals surface area contributed by atoms with Crippen molar-refractivity contribution in [2.24, 2.45) is 0 Å². The summed E-state index contributed by atoms with van der Waals surface area (Å²) in [7, 11) is 0. The molecule has 1 atom stereocenters. The lowest BCUT2D eigenvalue weighted by molar-refractivity contribution is 0.172. The molecule has 0 saturated carbocycles. The van der Waals surface area contributed by atoms with Gasteiger partial charge in [0, 0.05) is 12.6 Å². The van der Waals surface area contributed by atoms with Crippen molar-refractivity contribution >= 4 is 0 Å². The van der Waals surface area contributed by atoms with Crippen LogP contribution < -0.4 is 0 Å². The van der Waals surface area contributed by atoms with Crippen LogP contribution in [0, 0.1) is 27.7 Å². The Morgan fingerprint density at radius 2 is 1.74 bits per heavy atom. The van der Waals surface area contributed by atoms with Crippen molar-refractivity contribution in [2.45, 2.75) is 40.2 Å². The second kappa shape index (κ2) is 5.54. The molecule has 19 heavy (non-hydrogen) atoms. The van der Waals surface area contributed by atoms with E-state index in [-0.39, 0.29) is 0 Å². The van der Waals surface area contributed by atoms with Gasteiger partial charge in [0.2, 0.25) is 0 Å². The maximum atomic E-state index is 10.4. The summed E-state index contributed by atoms with van der Waals surface area (Å²) in [6, 6.07) is 8.41. The number of rotatable bonds is 3. The third-order valence-electron chi connectivity index (χ3n) is 3.49. The predicted octanol–water partition coefficient (Wildman–Crippen LogP) is 3.59. The molecule has 1 aromatic carbocycles. The molecule has 1 aromatic heterocycles. The van der Waals surface area contributed by atoms with Crippen LogP contribution in [-0.4, -0.2) is 10.1 Å². The summed E-state index contributed by atoms with van der Waals surface area (Å²) in [5.41, 5.74) is 6.59. The van der Waals surface area contributed by atoms with Gasteiger partial charge in [-0.05, 0) is 49.9 Å². The van der Waals surface area contributed by atoms with Crippen LogP contribution in [0.4, 0.5) is 0 Å². The fraction of sp³-hybridized carbons (Fsp3) is 0.353. The zero-order valence-corrected chi connectivity index (χ0v) is 12.1. The molecular formula is C17H21NO. The average Bonchev–Trinajstić information content (AvgIpc) is 2.33. The maximum absolute atomic E-state index is 10.4. The second-order valence-electron chi connectivity index (χ2n) is 5.36. The van der Waals surface area contributed by atoms with Crippen molar-refractivity contribution < 1.29 is 5.11 Å². The standard InChI is InChI=1S/C17H21NO/c1-11-5-6-13(3)15(8-11)9-16(19)17-14(4)7-12(2)10-18-17/h5-8,10,16,19H,9H2,1-4H3. The topological polar surface area (TPSA) is 33.1 Å². The number of hydrogen-bond donors (Lipinski definition) is 1. The Balaban J connectivity index is 2.25. The van der Waals surface area contributed by atoms with E-state index in [0.29, 0.717) is 6.42 Å². The highest BCUT2D eigenvalue weighted by molar-refractivity contribution is 5.33. The smallest absolute Gasteiger partial charge is 0.100 e. The molecule has 0 saturated heterocycles. The highest BCUT2D eigenvalue weighted by Gasteiger charge is 2.14. The van der Waals surface area contributed by atoms with Crippen LogP contribution in [0.1, 0.15) is 39.6 Å². The third kappa shape index (κ3) is 3.21. The van der Waals surface area contributed by atoms with E-state index in [9.17, 15) is 5.11 Å². The van der Waals surface area contributed by atoms with E-state index in [0.717, 1.165) is 16.8 Å². The van der Waals surface area contributed by atoms with Crippen molar-refractivity contribution in [3.05, 3.63) is 64.0 Å². The summed E-state index contributed by atoms with van der Waals surface area (Å²) in [5, 5.41) is 10.4. The van der Waals surface area contributed by atoms with Crippen molar-refractivity contribution in [3.8, 4) is 0 Å². The molecule has 2 aromatic rings. The van der Waals surface area contributed by atoms with Gasteiger partial charge in [-0.3, -0.25) is 4.98 Å². The first-order chi connectivity index (χ1) is 8.97. The molecule has 0 bridgehead atoms. The van der Waals surface area contributed by atoms with Crippen molar-refractivity contribution in [3.63, 3.8) is 0 Å². The van der Waals surface area contributed by atoms with Gasteiger partial charge in [-0.25, -0.2) is 0 Å². The zero-order chi connectivity index (χ0) is 14.0. The van der Waals surface area contributed by atoms with E-state index in [1.807, 2.05) is 20.0 Å². The summed E-state index contributed by atoms with van der Waals surface area (Å²) in [6.07, 6.45) is 1.89. The van der Waals surface area contributed by atoms with Gasteiger partial charge in [0.05, 0.1) is 5.69 Å². The number of aromatic nitrogens is 1. The molecule has 2 rings (SSSR count). The highest BCUT2D eigenvalue weighted by Crippen LogP contribution is 2.22. The lowest BCUT2D eigenvalue weighted by Crippen LogP contribution is -2.07. The van der Waals surface area contributed by atoms with Gasteiger partial charge in [0.15, 0.2) is 0 Å². The maximum Gasteiger partial charge on any atom is 0.100 e. The summed E-state index contributed by atoms with van der Waals surface area (Å²) in [4.78, 5) is 4.38. The molecule has 0 amide bonds. The molecule has 2 heteroatoms. The average molecular weight is 255 g/mol. The van der Waals surface area contributed by atoms with E-state index in [1.165, 1.54) is 16.7 Å². The quantitative estimate of drug-likeness (QED) is 0.909. The Kier molecular flexibility index (Phi) is 4.01. The van der Waals surface area contributed by atoms with Gasteiger partial charge in [0.1, 0.15) is 6.10 Å². The third-order valence-corrected chi connectivity index (χ3v) is 3.49. The van der Waals surface area contributed by atoms with Gasteiger partial charge >= 0.3 is 0 Å². The molecule has 0 radical (unpaired) electrons. The molecule has 0 spiro atoms. The highest BCUT2D eigenvalue weighted by atomic mass is 16.3. The van der Waals surface area contributed by atoms with E-state index in [2.05, 4.69) is 43.1 Å². The molecular weight excluding hydrogens is 234 g/mol. The molecule has 1 N–H and O–H groups in total. The Morgan fingerprint density at radius 3 is 2.42 bits per heavy atom. The fourth-order valence-electron chi connectivity index (χ4n) is 2.40. The van der Waals surface area contributed by atoms with Crippen LogP contribution in [-0.2, 0) is 6.42 Å². The Bertz CT molecular complexity index is 590. The minimum atomic E-state index is -0.541. The van der Waals surface area contributed by atoms with E-state index < -0.39 is 6.10 Å². The first-order valence-electron chi connectivity index (χ1n) is 6.64. The molecule has 0 fully saturated rings. The number of hydrogen-bond acceptors (Lipinski definition) is 2. The predicted molar refractivity (Wildman–Crippen MR) is 78.3 cm³/mol. The largest absolute Gasteiger partial charge is 0.386 e. The van der Waals surface area contributed by atoms with Gasteiger partial charge in [-0.15, -0.1) is 0 Å². The Hall–Kier alpha value is -1.67. The van der Waals surface area contributed by atoms with Crippen LogP contribution >= 0.6 is 0 Å². The van der Waals surface area contributed by atoms with Crippen LogP contribution in [0.15, 0.2) is 30.5 Å². The van der Waals surface area contributed by atoms with Gasteiger partial charge in [-0.2, -0.15) is 0 Å². The van der Waals surface area contributed by atoms with Crippen LogP contribution in [0.5, 0.6) is 0 Å². The SMILES string of the molecule is Cc1cnc(C(O)Cc2cc(C)ccc2C)c(C)c1.